The summed E-state index contributed by atoms with van der Waals surface area (Å²) in [5.41, 5.74) is -0.492. The van der Waals surface area contributed by atoms with E-state index in [4.69, 9.17) is 0 Å². The third-order valence-electron chi connectivity index (χ3n) is 2.46. The first-order valence-corrected chi connectivity index (χ1v) is 5.70. The van der Waals surface area contributed by atoms with Crippen molar-refractivity contribution in [3.05, 3.63) is 0 Å². The van der Waals surface area contributed by atoms with Gasteiger partial charge in [-0.05, 0) is 25.8 Å². The maximum absolute atomic E-state index is 12.4. The molecule has 1 fully saturated rings. The molecule has 0 radical (unpaired) electrons. The first-order chi connectivity index (χ1) is 5.47. The van der Waals surface area contributed by atoms with Crippen LogP contribution in [0.4, 0.5) is 3.89 Å². The van der Waals surface area contributed by atoms with Crippen molar-refractivity contribution in [1.29, 1.82) is 0 Å². The number of rotatable bonds is 3. The molecule has 3 nitrogen and oxygen atoms in total. The SMILES string of the molecule is CCC1(CS(=O)(=O)F)CCCN1. The van der Waals surface area contributed by atoms with Crippen LogP contribution < -0.4 is 5.32 Å². The van der Waals surface area contributed by atoms with Gasteiger partial charge in [-0.25, -0.2) is 0 Å². The smallest absolute Gasteiger partial charge is 0.304 e. The van der Waals surface area contributed by atoms with Crippen LogP contribution in [0, 0.1) is 0 Å². The van der Waals surface area contributed by atoms with Crippen molar-refractivity contribution in [3.63, 3.8) is 0 Å². The molecule has 0 aromatic rings. The molecular weight excluding hydrogens is 181 g/mol. The molecule has 72 valence electrons. The minimum absolute atomic E-state index is 0.378. The summed E-state index contributed by atoms with van der Waals surface area (Å²) in [7, 11) is -4.34. The normalized spacial score (nSPS) is 30.8. The topological polar surface area (TPSA) is 46.2 Å². The second-order valence-electron chi connectivity index (χ2n) is 3.35. The highest BCUT2D eigenvalue weighted by atomic mass is 32.3. The highest BCUT2D eigenvalue weighted by Crippen LogP contribution is 2.24. The molecule has 0 aromatic heterocycles. The summed E-state index contributed by atoms with van der Waals surface area (Å²) in [4.78, 5) is 0. The van der Waals surface area contributed by atoms with Crippen LogP contribution in [0.1, 0.15) is 26.2 Å². The molecule has 0 bridgehead atoms. The van der Waals surface area contributed by atoms with E-state index in [0.29, 0.717) is 6.42 Å². The first-order valence-electron chi connectivity index (χ1n) is 4.15. The van der Waals surface area contributed by atoms with Crippen molar-refractivity contribution >= 4 is 10.2 Å². The number of hydrogen-bond acceptors (Lipinski definition) is 3. The van der Waals surface area contributed by atoms with Crippen molar-refractivity contribution in [1.82, 2.24) is 5.32 Å². The van der Waals surface area contributed by atoms with Gasteiger partial charge in [-0.2, -0.15) is 8.42 Å². The lowest BCUT2D eigenvalue weighted by Crippen LogP contribution is -2.44. The number of nitrogens with one attached hydrogen (secondary N) is 1. The van der Waals surface area contributed by atoms with Crippen molar-refractivity contribution in [2.75, 3.05) is 12.3 Å². The van der Waals surface area contributed by atoms with Crippen LogP contribution in [0.3, 0.4) is 0 Å². The van der Waals surface area contributed by atoms with Crippen molar-refractivity contribution < 1.29 is 12.3 Å². The zero-order chi connectivity index (χ0) is 9.24. The highest BCUT2D eigenvalue weighted by Gasteiger charge is 2.36. The van der Waals surface area contributed by atoms with Crippen molar-refractivity contribution in [2.45, 2.75) is 31.7 Å². The van der Waals surface area contributed by atoms with Gasteiger partial charge in [0.2, 0.25) is 0 Å². The zero-order valence-electron chi connectivity index (χ0n) is 7.14. The minimum Gasteiger partial charge on any atom is -0.310 e. The largest absolute Gasteiger partial charge is 0.310 e. The van der Waals surface area contributed by atoms with E-state index in [-0.39, 0.29) is 5.75 Å². The molecular formula is C7H14FNO2S. The van der Waals surface area contributed by atoms with E-state index in [0.717, 1.165) is 19.4 Å². The molecule has 0 aromatic carbocycles. The molecule has 0 amide bonds. The van der Waals surface area contributed by atoms with Crippen LogP contribution >= 0.6 is 0 Å². The summed E-state index contributed by atoms with van der Waals surface area (Å²) < 4.78 is 33.3. The van der Waals surface area contributed by atoms with Gasteiger partial charge in [0.1, 0.15) is 0 Å². The fraction of sp³-hybridized carbons (Fsp3) is 1.00. The fourth-order valence-electron chi connectivity index (χ4n) is 1.73. The number of hydrogen-bond donors (Lipinski definition) is 1. The van der Waals surface area contributed by atoms with E-state index >= 15 is 0 Å². The molecule has 1 N–H and O–H groups in total. The lowest BCUT2D eigenvalue weighted by Gasteiger charge is -2.25. The van der Waals surface area contributed by atoms with Crippen LogP contribution in [-0.2, 0) is 10.2 Å². The average molecular weight is 195 g/mol. The molecule has 0 spiro atoms. The Labute approximate surface area is 72.6 Å². The third-order valence-corrected chi connectivity index (χ3v) is 3.35. The second-order valence-corrected chi connectivity index (χ2v) is 4.71. The Morgan fingerprint density at radius 1 is 1.58 bits per heavy atom. The predicted octanol–water partition coefficient (Wildman–Crippen LogP) is 0.818. The van der Waals surface area contributed by atoms with Crippen LogP contribution in [0.5, 0.6) is 0 Å². The molecule has 1 atom stereocenters. The van der Waals surface area contributed by atoms with E-state index in [1.54, 1.807) is 0 Å². The summed E-state index contributed by atoms with van der Waals surface area (Å²) >= 11 is 0. The van der Waals surface area contributed by atoms with Gasteiger partial charge in [0, 0.05) is 5.54 Å². The summed E-state index contributed by atoms with van der Waals surface area (Å²) in [6.45, 7) is 2.67. The van der Waals surface area contributed by atoms with E-state index in [1.165, 1.54) is 0 Å². The summed E-state index contributed by atoms with van der Waals surface area (Å²) in [5.74, 6) is -0.378. The fourth-order valence-corrected chi connectivity index (χ4v) is 2.84. The van der Waals surface area contributed by atoms with E-state index < -0.39 is 15.8 Å². The maximum atomic E-state index is 12.4. The van der Waals surface area contributed by atoms with Crippen LogP contribution in [0.15, 0.2) is 0 Å². The van der Waals surface area contributed by atoms with Gasteiger partial charge in [0.25, 0.3) is 0 Å². The Balaban J connectivity index is 2.68. The molecule has 5 heteroatoms. The molecule has 0 saturated carbocycles. The molecule has 12 heavy (non-hydrogen) atoms. The summed E-state index contributed by atoms with van der Waals surface area (Å²) in [6, 6.07) is 0. The quantitative estimate of drug-likeness (QED) is 0.678. The monoisotopic (exact) mass is 195 g/mol. The molecule has 1 unspecified atom stereocenters. The van der Waals surface area contributed by atoms with Gasteiger partial charge in [-0.1, -0.05) is 6.92 Å². The Kier molecular flexibility index (Phi) is 2.73. The third kappa shape index (κ3) is 2.42. The van der Waals surface area contributed by atoms with E-state index in [9.17, 15) is 12.3 Å². The zero-order valence-corrected chi connectivity index (χ0v) is 7.95. The Morgan fingerprint density at radius 3 is 2.58 bits per heavy atom. The van der Waals surface area contributed by atoms with Crippen LogP contribution in [0.25, 0.3) is 0 Å². The maximum Gasteiger partial charge on any atom is 0.304 e. The molecule has 1 aliphatic rings. The standard InChI is InChI=1S/C7H14FNO2S/c1-2-7(4-3-5-9-7)6-12(8,10)11/h9H,2-6H2,1H3. The van der Waals surface area contributed by atoms with Crippen LogP contribution in [0.2, 0.25) is 0 Å². The first kappa shape index (κ1) is 9.92. The van der Waals surface area contributed by atoms with Gasteiger partial charge in [0.05, 0.1) is 5.75 Å². The lowest BCUT2D eigenvalue weighted by molar-refractivity contribution is 0.394. The highest BCUT2D eigenvalue weighted by molar-refractivity contribution is 7.86. The molecule has 1 aliphatic heterocycles. The van der Waals surface area contributed by atoms with Crippen molar-refractivity contribution in [3.8, 4) is 0 Å². The summed E-state index contributed by atoms with van der Waals surface area (Å²) in [6.07, 6.45) is 2.35. The van der Waals surface area contributed by atoms with E-state index in [2.05, 4.69) is 5.32 Å². The van der Waals surface area contributed by atoms with Crippen molar-refractivity contribution in [2.24, 2.45) is 0 Å². The van der Waals surface area contributed by atoms with Crippen LogP contribution in [-0.4, -0.2) is 26.3 Å². The second kappa shape index (κ2) is 3.30. The minimum atomic E-state index is -4.34. The number of halogens is 1. The van der Waals surface area contributed by atoms with Gasteiger partial charge in [-0.3, -0.25) is 0 Å². The predicted molar refractivity (Wildman–Crippen MR) is 45.2 cm³/mol. The average Bonchev–Trinajstić information content (AvgIpc) is 2.34. The Morgan fingerprint density at radius 2 is 2.25 bits per heavy atom. The molecule has 1 rings (SSSR count). The van der Waals surface area contributed by atoms with E-state index in [1.807, 2.05) is 6.92 Å². The molecule has 1 saturated heterocycles. The van der Waals surface area contributed by atoms with Gasteiger partial charge >= 0.3 is 10.2 Å². The van der Waals surface area contributed by atoms with Gasteiger partial charge in [-0.15, -0.1) is 3.89 Å². The Hall–Kier alpha value is -0.160. The van der Waals surface area contributed by atoms with Gasteiger partial charge < -0.3 is 5.32 Å². The molecule has 1 heterocycles. The molecule has 0 aliphatic carbocycles. The lowest BCUT2D eigenvalue weighted by atomic mass is 9.97. The van der Waals surface area contributed by atoms with Gasteiger partial charge in [0.15, 0.2) is 0 Å². The Bertz CT molecular complexity index is 244. The summed E-state index contributed by atoms with van der Waals surface area (Å²) in [5, 5.41) is 3.06.